The molecule has 0 spiro atoms. The first-order chi connectivity index (χ1) is 16.6. The molecule has 0 saturated carbocycles. The minimum Gasteiger partial charge on any atom is -0.349 e. The molecule has 0 unspecified atom stereocenters. The molecular weight excluding hydrogens is 434 g/mol. The molecule has 34 heavy (non-hydrogen) atoms. The van der Waals surface area contributed by atoms with E-state index in [1.807, 2.05) is 6.07 Å². The van der Waals surface area contributed by atoms with Crippen LogP contribution in [0.25, 0.3) is 12.2 Å². The van der Waals surface area contributed by atoms with Gasteiger partial charge in [-0.1, -0.05) is 35.5 Å². The topological polar surface area (TPSA) is 114 Å². The van der Waals surface area contributed by atoms with Crippen LogP contribution < -0.4 is 5.32 Å². The lowest BCUT2D eigenvalue weighted by atomic mass is 9.93. The van der Waals surface area contributed by atoms with E-state index in [0.717, 1.165) is 44.5 Å². The summed E-state index contributed by atoms with van der Waals surface area (Å²) in [7, 11) is 0. The first-order valence-corrected chi connectivity index (χ1v) is 11.4. The lowest BCUT2D eigenvalue weighted by Crippen LogP contribution is -2.35. The second-order valence-electron chi connectivity index (χ2n) is 8.39. The number of nitro groups is 1. The molecule has 0 aliphatic carbocycles. The van der Waals surface area contributed by atoms with E-state index in [4.69, 9.17) is 4.52 Å². The van der Waals surface area contributed by atoms with Crippen LogP contribution >= 0.6 is 0 Å². The van der Waals surface area contributed by atoms with Crippen LogP contribution in [0, 0.1) is 16.0 Å². The Balaban J connectivity index is 1.17. The number of amides is 1. The molecule has 1 amide bonds. The third-order valence-corrected chi connectivity index (χ3v) is 5.96. The van der Waals surface area contributed by atoms with Gasteiger partial charge < -0.3 is 9.84 Å². The predicted molar refractivity (Wildman–Crippen MR) is 128 cm³/mol. The first-order valence-electron chi connectivity index (χ1n) is 11.4. The number of nitro benzene ring substituents is 1. The second kappa shape index (κ2) is 11.3. The zero-order valence-corrected chi connectivity index (χ0v) is 18.8. The maximum absolute atomic E-state index is 12.3. The summed E-state index contributed by atoms with van der Waals surface area (Å²) in [5, 5.41) is 17.3. The molecule has 1 N–H and O–H groups in total. The van der Waals surface area contributed by atoms with Crippen LogP contribution in [-0.4, -0.2) is 45.5 Å². The highest BCUT2D eigenvalue weighted by Gasteiger charge is 2.20. The van der Waals surface area contributed by atoms with Crippen molar-refractivity contribution in [3.63, 3.8) is 0 Å². The number of benzene rings is 2. The number of hydrogen-bond acceptors (Lipinski definition) is 7. The molecule has 1 aliphatic heterocycles. The van der Waals surface area contributed by atoms with Gasteiger partial charge in [-0.05, 0) is 67.6 Å². The highest BCUT2D eigenvalue weighted by Crippen LogP contribution is 2.21. The third-order valence-electron chi connectivity index (χ3n) is 5.96. The maximum Gasteiger partial charge on any atom is 0.292 e. The molecule has 1 saturated heterocycles. The van der Waals surface area contributed by atoms with Gasteiger partial charge in [-0.3, -0.25) is 19.8 Å². The summed E-state index contributed by atoms with van der Waals surface area (Å²) >= 11 is 0. The molecule has 3 aromatic rings. The Labute approximate surface area is 197 Å². The SMILES string of the molecule is O=C(NCCC1CCN(Cc2ccccc2)CC1)c1noc(C=Cc2ccc([N+](=O)[O-])cc2)n1. The highest BCUT2D eigenvalue weighted by molar-refractivity contribution is 5.90. The zero-order valence-electron chi connectivity index (χ0n) is 18.8. The number of piperidine rings is 1. The van der Waals surface area contributed by atoms with E-state index in [-0.39, 0.29) is 23.3 Å². The molecule has 9 heteroatoms. The molecule has 0 bridgehead atoms. The van der Waals surface area contributed by atoms with Gasteiger partial charge in [-0.25, -0.2) is 0 Å². The predicted octanol–water partition coefficient (Wildman–Crippen LogP) is 4.18. The minimum absolute atomic E-state index is 0.0129. The Morgan fingerprint density at radius 2 is 1.85 bits per heavy atom. The summed E-state index contributed by atoms with van der Waals surface area (Å²) < 4.78 is 5.10. The minimum atomic E-state index is -0.453. The van der Waals surface area contributed by atoms with Crippen molar-refractivity contribution in [2.45, 2.75) is 25.8 Å². The molecule has 1 aliphatic rings. The Morgan fingerprint density at radius 3 is 2.56 bits per heavy atom. The lowest BCUT2D eigenvalue weighted by Gasteiger charge is -2.32. The van der Waals surface area contributed by atoms with E-state index in [2.05, 4.69) is 44.6 Å². The summed E-state index contributed by atoms with van der Waals surface area (Å²) in [5.41, 5.74) is 2.10. The van der Waals surface area contributed by atoms with Gasteiger partial charge in [0.1, 0.15) is 0 Å². The Hall–Kier alpha value is -3.85. The average molecular weight is 462 g/mol. The van der Waals surface area contributed by atoms with Gasteiger partial charge in [0.05, 0.1) is 4.92 Å². The quantitative estimate of drug-likeness (QED) is 0.375. The first kappa shape index (κ1) is 23.3. The van der Waals surface area contributed by atoms with Crippen molar-refractivity contribution in [2.75, 3.05) is 19.6 Å². The molecular formula is C25H27N5O4. The zero-order chi connectivity index (χ0) is 23.8. The molecule has 9 nitrogen and oxygen atoms in total. The van der Waals surface area contributed by atoms with E-state index in [9.17, 15) is 14.9 Å². The van der Waals surface area contributed by atoms with Crippen molar-refractivity contribution in [2.24, 2.45) is 5.92 Å². The monoisotopic (exact) mass is 461 g/mol. The van der Waals surface area contributed by atoms with Crippen molar-refractivity contribution in [1.82, 2.24) is 20.4 Å². The number of carbonyl (C=O) groups excluding carboxylic acids is 1. The summed E-state index contributed by atoms with van der Waals surface area (Å²) in [6.07, 6.45) is 6.43. The van der Waals surface area contributed by atoms with Gasteiger partial charge in [0, 0.05) is 31.3 Å². The van der Waals surface area contributed by atoms with Crippen molar-refractivity contribution in [1.29, 1.82) is 0 Å². The van der Waals surface area contributed by atoms with E-state index < -0.39 is 4.92 Å². The molecule has 1 aromatic heterocycles. The number of carbonyl (C=O) groups is 1. The average Bonchev–Trinajstić information content (AvgIpc) is 3.34. The fraction of sp³-hybridized carbons (Fsp3) is 0.320. The van der Waals surface area contributed by atoms with Crippen LogP contribution in [-0.2, 0) is 6.54 Å². The number of non-ortho nitro benzene ring substituents is 1. The molecule has 0 radical (unpaired) electrons. The van der Waals surface area contributed by atoms with Gasteiger partial charge in [0.15, 0.2) is 0 Å². The smallest absolute Gasteiger partial charge is 0.292 e. The van der Waals surface area contributed by atoms with Gasteiger partial charge in [0.25, 0.3) is 23.3 Å². The van der Waals surface area contributed by atoms with E-state index >= 15 is 0 Å². The molecule has 176 valence electrons. The van der Waals surface area contributed by atoms with Gasteiger partial charge in [0.2, 0.25) is 0 Å². The number of rotatable bonds is 9. The largest absolute Gasteiger partial charge is 0.349 e. The van der Waals surface area contributed by atoms with Crippen molar-refractivity contribution >= 4 is 23.7 Å². The van der Waals surface area contributed by atoms with Crippen LogP contribution in [0.4, 0.5) is 5.69 Å². The van der Waals surface area contributed by atoms with Crippen LogP contribution in [0.5, 0.6) is 0 Å². The summed E-state index contributed by atoms with van der Waals surface area (Å²) in [4.78, 5) is 29.2. The second-order valence-corrected chi connectivity index (χ2v) is 8.39. The van der Waals surface area contributed by atoms with Crippen LogP contribution in [0.3, 0.4) is 0 Å². The normalized spacial score (nSPS) is 14.9. The van der Waals surface area contributed by atoms with Crippen LogP contribution in [0.15, 0.2) is 59.1 Å². The number of hydrogen-bond donors (Lipinski definition) is 1. The number of likely N-dealkylation sites (tertiary alicyclic amines) is 1. The number of aromatic nitrogens is 2. The van der Waals surface area contributed by atoms with Crippen molar-refractivity contribution < 1.29 is 14.2 Å². The van der Waals surface area contributed by atoms with Crippen molar-refractivity contribution in [3.05, 3.63) is 87.6 Å². The Bertz CT molecular complexity index is 1120. The number of nitrogens with zero attached hydrogens (tertiary/aromatic N) is 4. The van der Waals surface area contributed by atoms with Crippen LogP contribution in [0.1, 0.15) is 46.9 Å². The van der Waals surface area contributed by atoms with Gasteiger partial charge in [-0.15, -0.1) is 0 Å². The molecule has 4 rings (SSSR count). The lowest BCUT2D eigenvalue weighted by molar-refractivity contribution is -0.384. The fourth-order valence-electron chi connectivity index (χ4n) is 4.01. The number of nitrogens with one attached hydrogen (secondary N) is 1. The summed E-state index contributed by atoms with van der Waals surface area (Å²) in [5.74, 6) is 0.411. The van der Waals surface area contributed by atoms with E-state index in [1.54, 1.807) is 24.3 Å². The summed E-state index contributed by atoms with van der Waals surface area (Å²) in [6.45, 7) is 3.71. The fourth-order valence-corrected chi connectivity index (χ4v) is 4.01. The Morgan fingerprint density at radius 1 is 1.12 bits per heavy atom. The van der Waals surface area contributed by atoms with E-state index in [0.29, 0.717) is 12.5 Å². The summed E-state index contributed by atoms with van der Waals surface area (Å²) in [6, 6.07) is 16.6. The van der Waals surface area contributed by atoms with Gasteiger partial charge in [-0.2, -0.15) is 4.98 Å². The third kappa shape index (κ3) is 6.58. The molecule has 2 aromatic carbocycles. The molecule has 0 atom stereocenters. The highest BCUT2D eigenvalue weighted by atomic mass is 16.6. The van der Waals surface area contributed by atoms with Crippen LogP contribution in [0.2, 0.25) is 0 Å². The van der Waals surface area contributed by atoms with Crippen molar-refractivity contribution in [3.8, 4) is 0 Å². The standard InChI is InChI=1S/C25H27N5O4/c31-25(24-27-23(34-28-24)11-8-19-6-9-22(10-7-19)30(32)33)26-15-12-20-13-16-29(17-14-20)18-21-4-2-1-3-5-21/h1-11,20H,12-18H2,(H,26,31). The van der Waals surface area contributed by atoms with E-state index in [1.165, 1.54) is 17.7 Å². The maximum atomic E-state index is 12.3. The van der Waals surface area contributed by atoms with Gasteiger partial charge >= 0.3 is 0 Å². The Kier molecular flexibility index (Phi) is 7.77. The molecule has 1 fully saturated rings. The molecule has 2 heterocycles.